The van der Waals surface area contributed by atoms with Gasteiger partial charge in [-0.15, -0.1) is 0 Å². The minimum absolute atomic E-state index is 0.117. The summed E-state index contributed by atoms with van der Waals surface area (Å²) in [7, 11) is 0. The molecule has 0 radical (unpaired) electrons. The largest absolute Gasteiger partial charge is 0.324 e. The van der Waals surface area contributed by atoms with E-state index in [0.717, 1.165) is 10.0 Å². The lowest BCUT2D eigenvalue weighted by Gasteiger charge is -2.22. The second-order valence-corrected chi connectivity index (χ2v) is 6.16. The third-order valence-corrected chi connectivity index (χ3v) is 3.99. The predicted octanol–water partition coefficient (Wildman–Crippen LogP) is 3.62. The Morgan fingerprint density at radius 2 is 2.00 bits per heavy atom. The first-order chi connectivity index (χ1) is 11.4. The first-order valence-electron chi connectivity index (χ1n) is 7.25. The molecule has 0 aliphatic rings. The van der Waals surface area contributed by atoms with Gasteiger partial charge in [0.25, 0.3) is 0 Å². The second kappa shape index (κ2) is 7.75. The lowest BCUT2D eigenvalue weighted by atomic mass is 10.2. The molecule has 6 heteroatoms. The number of nitriles is 1. The van der Waals surface area contributed by atoms with Crippen LogP contribution in [0.25, 0.3) is 0 Å². The highest BCUT2D eigenvalue weighted by Gasteiger charge is 2.18. The first-order valence-corrected chi connectivity index (χ1v) is 8.04. The van der Waals surface area contributed by atoms with Gasteiger partial charge >= 0.3 is 0 Å². The normalized spacial score (nSPS) is 9.92. The van der Waals surface area contributed by atoms with E-state index in [0.29, 0.717) is 16.9 Å². The standard InChI is InChI=1S/C18H16BrN3O2/c1-12-6-7-17(16(19)8-12)22(13(2)23)11-18(24)21-15-5-3-4-14(9-15)10-20/h3-9H,11H2,1-2H3,(H,21,24). The number of rotatable bonds is 4. The van der Waals surface area contributed by atoms with Crippen LogP contribution in [-0.4, -0.2) is 18.4 Å². The van der Waals surface area contributed by atoms with E-state index in [4.69, 9.17) is 5.26 Å². The average molecular weight is 386 g/mol. The summed E-state index contributed by atoms with van der Waals surface area (Å²) in [6.07, 6.45) is 0. The Morgan fingerprint density at radius 3 is 2.62 bits per heavy atom. The number of halogens is 1. The van der Waals surface area contributed by atoms with E-state index in [-0.39, 0.29) is 18.4 Å². The summed E-state index contributed by atoms with van der Waals surface area (Å²) in [5.74, 6) is -0.576. The number of nitrogens with one attached hydrogen (secondary N) is 1. The Bertz CT molecular complexity index is 827. The van der Waals surface area contributed by atoms with Gasteiger partial charge in [0.1, 0.15) is 6.54 Å². The molecule has 24 heavy (non-hydrogen) atoms. The van der Waals surface area contributed by atoms with Crippen molar-refractivity contribution in [3.05, 3.63) is 58.1 Å². The van der Waals surface area contributed by atoms with Gasteiger partial charge in [0.2, 0.25) is 11.8 Å². The van der Waals surface area contributed by atoms with Gasteiger partial charge in [-0.25, -0.2) is 0 Å². The van der Waals surface area contributed by atoms with Crippen molar-refractivity contribution in [2.45, 2.75) is 13.8 Å². The van der Waals surface area contributed by atoms with Crippen LogP contribution in [0, 0.1) is 18.3 Å². The molecule has 2 rings (SSSR count). The predicted molar refractivity (Wildman–Crippen MR) is 96.7 cm³/mol. The number of hydrogen-bond donors (Lipinski definition) is 1. The summed E-state index contributed by atoms with van der Waals surface area (Å²) in [6.45, 7) is 3.24. The minimum Gasteiger partial charge on any atom is -0.324 e. The number of anilines is 2. The van der Waals surface area contributed by atoms with Crippen molar-refractivity contribution in [3.63, 3.8) is 0 Å². The summed E-state index contributed by atoms with van der Waals surface area (Å²) in [5.41, 5.74) is 2.66. The number of nitrogens with zero attached hydrogens (tertiary/aromatic N) is 2. The minimum atomic E-state index is -0.340. The molecule has 0 unspecified atom stereocenters. The molecule has 0 heterocycles. The molecule has 1 N–H and O–H groups in total. The fourth-order valence-corrected chi connectivity index (χ4v) is 2.91. The van der Waals surface area contributed by atoms with Gasteiger partial charge in [0, 0.05) is 17.1 Å². The third-order valence-electron chi connectivity index (χ3n) is 3.35. The molecule has 0 saturated carbocycles. The molecular formula is C18H16BrN3O2. The van der Waals surface area contributed by atoms with E-state index in [1.807, 2.05) is 25.1 Å². The lowest BCUT2D eigenvalue weighted by Crippen LogP contribution is -2.36. The van der Waals surface area contributed by atoms with Crippen LogP contribution in [-0.2, 0) is 9.59 Å². The van der Waals surface area contributed by atoms with E-state index in [1.165, 1.54) is 11.8 Å². The smallest absolute Gasteiger partial charge is 0.244 e. The Balaban J connectivity index is 2.17. The van der Waals surface area contributed by atoms with Crippen molar-refractivity contribution in [1.82, 2.24) is 0 Å². The zero-order chi connectivity index (χ0) is 17.7. The third kappa shape index (κ3) is 4.43. The molecule has 0 atom stereocenters. The maximum absolute atomic E-state index is 12.3. The zero-order valence-electron chi connectivity index (χ0n) is 13.3. The molecule has 0 aromatic heterocycles. The molecular weight excluding hydrogens is 370 g/mol. The van der Waals surface area contributed by atoms with E-state index < -0.39 is 0 Å². The second-order valence-electron chi connectivity index (χ2n) is 5.30. The van der Waals surface area contributed by atoms with Crippen molar-refractivity contribution in [2.24, 2.45) is 0 Å². The molecule has 0 fully saturated rings. The molecule has 122 valence electrons. The highest BCUT2D eigenvalue weighted by molar-refractivity contribution is 9.10. The van der Waals surface area contributed by atoms with E-state index in [9.17, 15) is 9.59 Å². The van der Waals surface area contributed by atoms with Gasteiger partial charge in [-0.2, -0.15) is 5.26 Å². The van der Waals surface area contributed by atoms with Crippen molar-refractivity contribution in [3.8, 4) is 6.07 Å². The monoisotopic (exact) mass is 385 g/mol. The topological polar surface area (TPSA) is 73.2 Å². The molecule has 0 bridgehead atoms. The van der Waals surface area contributed by atoms with Crippen molar-refractivity contribution in [2.75, 3.05) is 16.8 Å². The van der Waals surface area contributed by atoms with Crippen molar-refractivity contribution >= 4 is 39.1 Å². The van der Waals surface area contributed by atoms with Crippen LogP contribution >= 0.6 is 15.9 Å². The van der Waals surface area contributed by atoms with Crippen molar-refractivity contribution in [1.29, 1.82) is 5.26 Å². The van der Waals surface area contributed by atoms with Crippen LogP contribution in [0.1, 0.15) is 18.1 Å². The van der Waals surface area contributed by atoms with Gasteiger partial charge < -0.3 is 10.2 Å². The van der Waals surface area contributed by atoms with Gasteiger partial charge in [-0.05, 0) is 58.7 Å². The number of amides is 2. The average Bonchev–Trinajstić information content (AvgIpc) is 2.53. The Hall–Kier alpha value is -2.65. The summed E-state index contributed by atoms with van der Waals surface area (Å²) in [5, 5.41) is 11.6. The van der Waals surface area contributed by atoms with Gasteiger partial charge in [0.05, 0.1) is 17.3 Å². The number of carbonyl (C=O) groups is 2. The molecule has 0 aliphatic carbocycles. The summed E-state index contributed by atoms with van der Waals surface area (Å²) >= 11 is 3.43. The molecule has 0 spiro atoms. The lowest BCUT2D eigenvalue weighted by molar-refractivity contribution is -0.120. The summed E-state index contributed by atoms with van der Waals surface area (Å²) in [6, 6.07) is 14.2. The first kappa shape index (κ1) is 17.7. The SMILES string of the molecule is CC(=O)N(CC(=O)Nc1cccc(C#N)c1)c1ccc(C)cc1Br. The fraction of sp³-hybridized carbons (Fsp3) is 0.167. The summed E-state index contributed by atoms with van der Waals surface area (Å²) in [4.78, 5) is 25.6. The molecule has 2 amide bonds. The van der Waals surface area contributed by atoms with Gasteiger partial charge in [0.15, 0.2) is 0 Å². The number of hydrogen-bond acceptors (Lipinski definition) is 3. The Kier molecular flexibility index (Phi) is 5.72. The maximum Gasteiger partial charge on any atom is 0.244 e. The quantitative estimate of drug-likeness (QED) is 0.872. The number of benzene rings is 2. The van der Waals surface area contributed by atoms with Crippen molar-refractivity contribution < 1.29 is 9.59 Å². The Morgan fingerprint density at radius 1 is 1.25 bits per heavy atom. The molecule has 5 nitrogen and oxygen atoms in total. The fourth-order valence-electron chi connectivity index (χ4n) is 2.21. The van der Waals surface area contributed by atoms with Gasteiger partial charge in [-0.1, -0.05) is 12.1 Å². The zero-order valence-corrected chi connectivity index (χ0v) is 14.9. The molecule has 2 aromatic carbocycles. The van der Waals surface area contributed by atoms with E-state index in [1.54, 1.807) is 30.3 Å². The van der Waals surface area contributed by atoms with Crippen LogP contribution < -0.4 is 10.2 Å². The van der Waals surface area contributed by atoms with Crippen LogP contribution in [0.4, 0.5) is 11.4 Å². The summed E-state index contributed by atoms with van der Waals surface area (Å²) < 4.78 is 0.747. The van der Waals surface area contributed by atoms with Crippen LogP contribution in [0.15, 0.2) is 46.9 Å². The van der Waals surface area contributed by atoms with E-state index in [2.05, 4.69) is 21.2 Å². The molecule has 2 aromatic rings. The maximum atomic E-state index is 12.3. The van der Waals surface area contributed by atoms with Crippen LogP contribution in [0.3, 0.4) is 0 Å². The molecule has 0 aliphatic heterocycles. The van der Waals surface area contributed by atoms with Crippen LogP contribution in [0.2, 0.25) is 0 Å². The number of aryl methyl sites for hydroxylation is 1. The van der Waals surface area contributed by atoms with Crippen LogP contribution in [0.5, 0.6) is 0 Å². The van der Waals surface area contributed by atoms with Gasteiger partial charge in [-0.3, -0.25) is 9.59 Å². The molecule has 0 saturated heterocycles. The highest BCUT2D eigenvalue weighted by Crippen LogP contribution is 2.27. The highest BCUT2D eigenvalue weighted by atomic mass is 79.9. The number of carbonyl (C=O) groups excluding carboxylic acids is 2. The Labute approximate surface area is 149 Å². The van der Waals surface area contributed by atoms with E-state index >= 15 is 0 Å².